The van der Waals surface area contributed by atoms with Crippen LogP contribution in [0.15, 0.2) is 48.5 Å². The molecule has 0 aliphatic heterocycles. The standard InChI is InChI=1S/C17H13ClN2O2/c1-22-13-7-6-11-8-12(10-21)17(20-16(11)9-13)19-15-5-3-2-4-14(15)18/h2-10H,1H3,(H,19,20). The van der Waals surface area contributed by atoms with Gasteiger partial charge in [-0.05, 0) is 30.3 Å². The number of rotatable bonds is 4. The molecular formula is C17H13ClN2O2. The van der Waals surface area contributed by atoms with Gasteiger partial charge >= 0.3 is 0 Å². The third-order valence-corrected chi connectivity index (χ3v) is 3.64. The molecule has 0 amide bonds. The lowest BCUT2D eigenvalue weighted by atomic mass is 10.1. The predicted octanol–water partition coefficient (Wildman–Crippen LogP) is 4.45. The average Bonchev–Trinajstić information content (AvgIpc) is 2.55. The summed E-state index contributed by atoms with van der Waals surface area (Å²) in [5.74, 6) is 1.17. The first kappa shape index (κ1) is 14.4. The molecule has 0 saturated heterocycles. The lowest BCUT2D eigenvalue weighted by Crippen LogP contribution is -2.00. The molecule has 0 spiro atoms. The second-order valence-corrected chi connectivity index (χ2v) is 5.11. The van der Waals surface area contributed by atoms with E-state index in [-0.39, 0.29) is 0 Å². The van der Waals surface area contributed by atoms with Gasteiger partial charge in [-0.1, -0.05) is 23.7 Å². The highest BCUT2D eigenvalue weighted by atomic mass is 35.5. The van der Waals surface area contributed by atoms with Gasteiger partial charge in [0.15, 0.2) is 6.29 Å². The molecule has 0 aliphatic rings. The number of carbonyl (C=O) groups excluding carboxylic acids is 1. The van der Waals surface area contributed by atoms with E-state index in [2.05, 4.69) is 10.3 Å². The highest BCUT2D eigenvalue weighted by Crippen LogP contribution is 2.28. The van der Waals surface area contributed by atoms with Crippen LogP contribution in [-0.2, 0) is 0 Å². The number of fused-ring (bicyclic) bond motifs is 1. The number of benzene rings is 2. The van der Waals surface area contributed by atoms with Crippen molar-refractivity contribution in [1.82, 2.24) is 4.98 Å². The molecule has 0 unspecified atom stereocenters. The molecule has 0 atom stereocenters. The molecule has 22 heavy (non-hydrogen) atoms. The molecular weight excluding hydrogens is 300 g/mol. The van der Waals surface area contributed by atoms with Crippen LogP contribution in [0.1, 0.15) is 10.4 Å². The minimum Gasteiger partial charge on any atom is -0.497 e. The summed E-state index contributed by atoms with van der Waals surface area (Å²) in [6.45, 7) is 0. The molecule has 1 N–H and O–H groups in total. The van der Waals surface area contributed by atoms with Gasteiger partial charge < -0.3 is 10.1 Å². The number of hydrogen-bond donors (Lipinski definition) is 1. The summed E-state index contributed by atoms with van der Waals surface area (Å²) in [5.41, 5.74) is 1.90. The Labute approximate surface area is 132 Å². The molecule has 0 fully saturated rings. The van der Waals surface area contributed by atoms with Crippen LogP contribution in [0.2, 0.25) is 5.02 Å². The molecule has 0 saturated carbocycles. The van der Waals surface area contributed by atoms with Crippen molar-refractivity contribution in [3.63, 3.8) is 0 Å². The van der Waals surface area contributed by atoms with E-state index < -0.39 is 0 Å². The SMILES string of the molecule is COc1ccc2cc(C=O)c(Nc3ccccc3Cl)nc2c1. The molecule has 2 aromatic carbocycles. The summed E-state index contributed by atoms with van der Waals surface area (Å²) in [7, 11) is 1.60. The molecule has 0 bridgehead atoms. The molecule has 5 heteroatoms. The first-order chi connectivity index (χ1) is 10.7. The Kier molecular flexibility index (Phi) is 3.94. The normalized spacial score (nSPS) is 10.5. The first-order valence-electron chi connectivity index (χ1n) is 6.67. The summed E-state index contributed by atoms with van der Waals surface area (Å²) in [6.07, 6.45) is 0.774. The molecule has 110 valence electrons. The Hall–Kier alpha value is -2.59. The van der Waals surface area contributed by atoms with Crippen LogP contribution in [-0.4, -0.2) is 18.4 Å². The summed E-state index contributed by atoms with van der Waals surface area (Å²) in [5, 5.41) is 4.54. The number of nitrogens with one attached hydrogen (secondary N) is 1. The molecule has 3 rings (SSSR count). The van der Waals surface area contributed by atoms with Crippen molar-refractivity contribution in [2.24, 2.45) is 0 Å². The number of halogens is 1. The zero-order chi connectivity index (χ0) is 15.5. The van der Waals surface area contributed by atoms with Gasteiger partial charge in [0.2, 0.25) is 0 Å². The van der Waals surface area contributed by atoms with E-state index in [4.69, 9.17) is 16.3 Å². The quantitative estimate of drug-likeness (QED) is 0.723. The number of ether oxygens (including phenoxy) is 1. The lowest BCUT2D eigenvalue weighted by molar-refractivity contribution is 0.112. The van der Waals surface area contributed by atoms with E-state index in [1.165, 1.54) is 0 Å². The van der Waals surface area contributed by atoms with E-state index in [9.17, 15) is 4.79 Å². The van der Waals surface area contributed by atoms with E-state index in [0.29, 0.717) is 27.8 Å². The summed E-state index contributed by atoms with van der Waals surface area (Å²) in [6, 6.07) is 14.6. The van der Waals surface area contributed by atoms with Crippen molar-refractivity contribution in [2.75, 3.05) is 12.4 Å². The van der Waals surface area contributed by atoms with Crippen LogP contribution in [0, 0.1) is 0 Å². The highest BCUT2D eigenvalue weighted by molar-refractivity contribution is 6.33. The number of hydrogen-bond acceptors (Lipinski definition) is 4. The fourth-order valence-electron chi connectivity index (χ4n) is 2.17. The van der Waals surface area contributed by atoms with E-state index in [1.807, 2.05) is 36.4 Å². The lowest BCUT2D eigenvalue weighted by Gasteiger charge is -2.11. The minimum atomic E-state index is 0.462. The van der Waals surface area contributed by atoms with Crippen LogP contribution in [0.3, 0.4) is 0 Å². The number of pyridine rings is 1. The highest BCUT2D eigenvalue weighted by Gasteiger charge is 2.09. The predicted molar refractivity (Wildman–Crippen MR) is 88.4 cm³/mol. The van der Waals surface area contributed by atoms with Gasteiger partial charge in [0, 0.05) is 11.5 Å². The number of aldehydes is 1. The van der Waals surface area contributed by atoms with Gasteiger partial charge in [-0.3, -0.25) is 4.79 Å². The van der Waals surface area contributed by atoms with E-state index in [0.717, 1.165) is 17.2 Å². The zero-order valence-corrected chi connectivity index (χ0v) is 12.6. The molecule has 1 aromatic heterocycles. The van der Waals surface area contributed by atoms with Gasteiger partial charge in [0.25, 0.3) is 0 Å². The topological polar surface area (TPSA) is 51.2 Å². The average molecular weight is 313 g/mol. The van der Waals surface area contributed by atoms with Crippen LogP contribution in [0.25, 0.3) is 10.9 Å². The van der Waals surface area contributed by atoms with E-state index in [1.54, 1.807) is 19.2 Å². The van der Waals surface area contributed by atoms with Crippen LogP contribution < -0.4 is 10.1 Å². The molecule has 1 heterocycles. The third kappa shape index (κ3) is 2.73. The molecule has 0 aliphatic carbocycles. The van der Waals surface area contributed by atoms with Crippen molar-refractivity contribution < 1.29 is 9.53 Å². The maximum atomic E-state index is 11.3. The van der Waals surface area contributed by atoms with Gasteiger partial charge in [-0.25, -0.2) is 4.98 Å². The Morgan fingerprint density at radius 2 is 2.00 bits per heavy atom. The second kappa shape index (κ2) is 6.03. The van der Waals surface area contributed by atoms with Crippen LogP contribution in [0.4, 0.5) is 11.5 Å². The maximum Gasteiger partial charge on any atom is 0.153 e. The Morgan fingerprint density at radius 3 is 2.73 bits per heavy atom. The fraction of sp³-hybridized carbons (Fsp3) is 0.0588. The number of nitrogens with zero attached hydrogens (tertiary/aromatic N) is 1. The monoisotopic (exact) mass is 312 g/mol. The summed E-state index contributed by atoms with van der Waals surface area (Å²) >= 11 is 6.14. The van der Waals surface area contributed by atoms with Crippen molar-refractivity contribution in [3.8, 4) is 5.75 Å². The van der Waals surface area contributed by atoms with Gasteiger partial charge in [0.05, 0.1) is 28.9 Å². The maximum absolute atomic E-state index is 11.3. The number of carbonyl (C=O) groups is 1. The van der Waals surface area contributed by atoms with Crippen molar-refractivity contribution in [1.29, 1.82) is 0 Å². The Morgan fingerprint density at radius 1 is 1.18 bits per heavy atom. The number of aromatic nitrogens is 1. The summed E-state index contributed by atoms with van der Waals surface area (Å²) in [4.78, 5) is 15.8. The second-order valence-electron chi connectivity index (χ2n) is 4.71. The Balaban J connectivity index is 2.10. The molecule has 4 nitrogen and oxygen atoms in total. The number of methoxy groups -OCH3 is 1. The smallest absolute Gasteiger partial charge is 0.153 e. The van der Waals surface area contributed by atoms with Crippen LogP contribution >= 0.6 is 11.6 Å². The number of anilines is 2. The summed E-state index contributed by atoms with van der Waals surface area (Å²) < 4.78 is 5.21. The van der Waals surface area contributed by atoms with Crippen molar-refractivity contribution in [2.45, 2.75) is 0 Å². The van der Waals surface area contributed by atoms with Gasteiger partial charge in [0.1, 0.15) is 11.6 Å². The zero-order valence-electron chi connectivity index (χ0n) is 11.8. The number of para-hydroxylation sites is 1. The van der Waals surface area contributed by atoms with Gasteiger partial charge in [-0.2, -0.15) is 0 Å². The van der Waals surface area contributed by atoms with Crippen LogP contribution in [0.5, 0.6) is 5.75 Å². The largest absolute Gasteiger partial charge is 0.497 e. The van der Waals surface area contributed by atoms with Crippen molar-refractivity contribution in [3.05, 3.63) is 59.1 Å². The van der Waals surface area contributed by atoms with E-state index >= 15 is 0 Å². The Bertz CT molecular complexity index is 849. The first-order valence-corrected chi connectivity index (χ1v) is 7.04. The minimum absolute atomic E-state index is 0.462. The molecule has 0 radical (unpaired) electrons. The third-order valence-electron chi connectivity index (χ3n) is 3.31. The van der Waals surface area contributed by atoms with Gasteiger partial charge in [-0.15, -0.1) is 0 Å². The fourth-order valence-corrected chi connectivity index (χ4v) is 2.35. The molecule has 3 aromatic rings. The van der Waals surface area contributed by atoms with Crippen molar-refractivity contribution >= 4 is 40.3 Å².